The molecule has 7 rings (SSSR count). The number of likely N-dealkylation sites (tertiary alicyclic amines) is 1. The van der Waals surface area contributed by atoms with Crippen molar-refractivity contribution < 1.29 is 19.4 Å². The van der Waals surface area contributed by atoms with Gasteiger partial charge < -0.3 is 24.8 Å². The maximum atomic E-state index is 11.3. The van der Waals surface area contributed by atoms with Gasteiger partial charge in [-0.15, -0.1) is 0 Å². The van der Waals surface area contributed by atoms with Crippen LogP contribution in [0.3, 0.4) is 0 Å². The molecule has 0 saturated carbocycles. The van der Waals surface area contributed by atoms with E-state index in [4.69, 9.17) is 14.4 Å². The Labute approximate surface area is 302 Å². The minimum absolute atomic E-state index is 0.256. The van der Waals surface area contributed by atoms with Crippen LogP contribution in [0.5, 0.6) is 0 Å². The quantitative estimate of drug-likeness (QED) is 0.128. The summed E-state index contributed by atoms with van der Waals surface area (Å²) in [4.78, 5) is 29.8. The van der Waals surface area contributed by atoms with Crippen molar-refractivity contribution in [3.8, 4) is 28.7 Å². The second-order valence-corrected chi connectivity index (χ2v) is 13.9. The van der Waals surface area contributed by atoms with E-state index in [9.17, 15) is 20.3 Å². The molecule has 1 fully saturated rings. The van der Waals surface area contributed by atoms with Crippen LogP contribution in [-0.2, 0) is 17.9 Å². The number of anilines is 2. The number of carboxylic acids is 1. The van der Waals surface area contributed by atoms with Gasteiger partial charge in [0.25, 0.3) is 0 Å². The van der Waals surface area contributed by atoms with Gasteiger partial charge in [0.2, 0.25) is 5.89 Å². The summed E-state index contributed by atoms with van der Waals surface area (Å²) in [7, 11) is 1.86. The molecular formula is C41H41N7O4. The molecule has 0 aliphatic carbocycles. The van der Waals surface area contributed by atoms with Crippen molar-refractivity contribution in [3.05, 3.63) is 101 Å². The van der Waals surface area contributed by atoms with Gasteiger partial charge in [0.05, 0.1) is 17.6 Å². The lowest BCUT2D eigenvalue weighted by molar-refractivity contribution is -0.141. The Balaban J connectivity index is 1.16. The van der Waals surface area contributed by atoms with E-state index in [0.717, 1.165) is 75.0 Å². The van der Waals surface area contributed by atoms with E-state index in [1.54, 1.807) is 19.2 Å². The largest absolute Gasteiger partial charge is 0.481 e. The lowest BCUT2D eigenvalue weighted by Crippen LogP contribution is -2.28. The fourth-order valence-corrected chi connectivity index (χ4v) is 7.15. The number of carboxylic acid groups (broad SMARTS) is 1. The molecule has 0 spiro atoms. The number of hydrogen-bond acceptors (Lipinski definition) is 10. The van der Waals surface area contributed by atoms with Gasteiger partial charge in [-0.25, -0.2) is 9.97 Å². The summed E-state index contributed by atoms with van der Waals surface area (Å²) in [5.41, 5.74) is 9.96. The fourth-order valence-electron chi connectivity index (χ4n) is 7.15. The van der Waals surface area contributed by atoms with Gasteiger partial charge in [-0.1, -0.05) is 31.2 Å². The van der Waals surface area contributed by atoms with E-state index in [1.165, 1.54) is 0 Å². The van der Waals surface area contributed by atoms with E-state index < -0.39 is 11.9 Å². The zero-order valence-electron chi connectivity index (χ0n) is 29.7. The number of aliphatic carboxylic acids is 1. The maximum Gasteiger partial charge on any atom is 0.307 e. The monoisotopic (exact) mass is 695 g/mol. The molecule has 4 heterocycles. The first kappa shape index (κ1) is 34.8. The molecule has 1 aliphatic heterocycles. The summed E-state index contributed by atoms with van der Waals surface area (Å²) in [6.07, 6.45) is 4.24. The first-order valence-corrected chi connectivity index (χ1v) is 17.4. The van der Waals surface area contributed by atoms with Gasteiger partial charge in [-0.05, 0) is 97.1 Å². The molecule has 2 atom stereocenters. The smallest absolute Gasteiger partial charge is 0.307 e. The Hall–Kier alpha value is -5.67. The molecule has 1 aliphatic rings. The number of benzene rings is 3. The third-order valence-electron chi connectivity index (χ3n) is 9.88. The number of fused-ring (bicyclic) bond motifs is 2. The van der Waals surface area contributed by atoms with Crippen LogP contribution in [0.2, 0.25) is 0 Å². The average molecular weight is 696 g/mol. The number of hydrogen-bond donors (Lipinski definition) is 3. The Morgan fingerprint density at radius 1 is 1.08 bits per heavy atom. The second-order valence-electron chi connectivity index (χ2n) is 13.9. The van der Waals surface area contributed by atoms with E-state index in [1.807, 2.05) is 61.5 Å². The van der Waals surface area contributed by atoms with E-state index in [2.05, 4.69) is 46.4 Å². The molecule has 3 aromatic carbocycles. The van der Waals surface area contributed by atoms with E-state index in [-0.39, 0.29) is 6.10 Å². The Morgan fingerprint density at radius 3 is 2.60 bits per heavy atom. The Bertz CT molecular complexity index is 2350. The molecule has 3 N–H and O–H groups in total. The van der Waals surface area contributed by atoms with Gasteiger partial charge in [-0.3, -0.25) is 14.7 Å². The van der Waals surface area contributed by atoms with Crippen LogP contribution in [0, 0.1) is 31.1 Å². The molecule has 52 heavy (non-hydrogen) atoms. The molecule has 11 nitrogen and oxygen atoms in total. The molecule has 0 radical (unpaired) electrons. The molecule has 1 saturated heterocycles. The van der Waals surface area contributed by atoms with Gasteiger partial charge in [-0.2, -0.15) is 5.26 Å². The highest BCUT2D eigenvalue weighted by Crippen LogP contribution is 2.38. The summed E-state index contributed by atoms with van der Waals surface area (Å²) in [5.74, 6) is -0.260. The summed E-state index contributed by atoms with van der Waals surface area (Å²) in [6, 6.07) is 22.2. The average Bonchev–Trinajstić information content (AvgIpc) is 3.74. The number of aliphatic hydroxyl groups is 1. The van der Waals surface area contributed by atoms with Gasteiger partial charge in [0.1, 0.15) is 17.1 Å². The molecule has 0 amide bonds. The topological polar surface area (TPSA) is 152 Å². The summed E-state index contributed by atoms with van der Waals surface area (Å²) in [5, 5.41) is 33.8. The molecule has 0 bridgehead atoms. The molecule has 264 valence electrons. The number of nitrogens with zero attached hydrogens (tertiary/aromatic N) is 6. The number of aliphatic hydroxyl groups excluding tert-OH is 1. The summed E-state index contributed by atoms with van der Waals surface area (Å²) in [6.45, 7) is 8.98. The fraction of sp³-hybridized carbons (Fsp3) is 0.293. The van der Waals surface area contributed by atoms with Crippen LogP contribution in [0.25, 0.3) is 44.6 Å². The first-order valence-electron chi connectivity index (χ1n) is 17.4. The Kier molecular flexibility index (Phi) is 9.71. The van der Waals surface area contributed by atoms with Crippen LogP contribution in [0.15, 0.2) is 77.5 Å². The minimum Gasteiger partial charge on any atom is -0.481 e. The number of nitriles is 1. The molecular weight excluding hydrogens is 654 g/mol. The van der Waals surface area contributed by atoms with Gasteiger partial charge in [0, 0.05) is 61.8 Å². The van der Waals surface area contributed by atoms with Crippen LogP contribution < -0.4 is 5.32 Å². The maximum absolute atomic E-state index is 11.3. The normalized spacial score (nSPS) is 15.4. The predicted octanol–water partition coefficient (Wildman–Crippen LogP) is 7.06. The first-order chi connectivity index (χ1) is 25.1. The number of pyridine rings is 2. The Morgan fingerprint density at radius 2 is 1.85 bits per heavy atom. The van der Waals surface area contributed by atoms with Crippen molar-refractivity contribution in [2.75, 3.05) is 32.0 Å². The highest BCUT2D eigenvalue weighted by molar-refractivity contribution is 5.91. The number of oxazole rings is 1. The lowest BCUT2D eigenvalue weighted by atomic mass is 9.93. The second kappa shape index (κ2) is 14.5. The SMILES string of the molecule is Cc1c(Nc2nccc3cc(CN4CC[C@@H](O)C4)cnc23)cccc1-c1cccc(-c2nc3cc(CN(C)CC(C)C(=O)O)cc(C#N)c3o2)c1C. The van der Waals surface area contributed by atoms with Crippen LogP contribution in [0.1, 0.15) is 41.2 Å². The molecule has 6 aromatic rings. The summed E-state index contributed by atoms with van der Waals surface area (Å²) < 4.78 is 6.26. The van der Waals surface area contributed by atoms with Crippen molar-refractivity contribution in [1.82, 2.24) is 24.8 Å². The van der Waals surface area contributed by atoms with Crippen molar-refractivity contribution in [1.29, 1.82) is 5.26 Å². The number of rotatable bonds is 11. The minimum atomic E-state index is -0.846. The molecule has 11 heteroatoms. The zero-order chi connectivity index (χ0) is 36.5. The molecule has 3 aromatic heterocycles. The zero-order valence-corrected chi connectivity index (χ0v) is 29.7. The molecule has 1 unspecified atom stereocenters. The highest BCUT2D eigenvalue weighted by atomic mass is 16.4. The van der Waals surface area contributed by atoms with Crippen LogP contribution in [-0.4, -0.2) is 73.7 Å². The van der Waals surface area contributed by atoms with E-state index in [0.29, 0.717) is 48.0 Å². The third kappa shape index (κ3) is 7.09. The van der Waals surface area contributed by atoms with Crippen LogP contribution in [0.4, 0.5) is 11.5 Å². The number of nitrogens with one attached hydrogen (secondary N) is 1. The number of aromatic nitrogens is 3. The highest BCUT2D eigenvalue weighted by Gasteiger charge is 2.22. The predicted molar refractivity (Wildman–Crippen MR) is 201 cm³/mol. The number of β-amino-alcohol motifs (C(OH)–C–C–N with tert-alkyl or cyclic N) is 1. The standard InChI is InChI=1S/C41H41N7O4/c1-24(41(50)51)20-47(4)21-27-15-30(18-42)38-36(17-27)46-40(52-38)34-9-5-7-32(25(34)2)33-8-6-10-35(26(33)3)45-39-37-29(11-13-43-39)16-28(19-44-37)22-48-14-12-31(49)23-48/h5-11,13,15-17,19,24,31,49H,12,14,20-23H2,1-4H3,(H,43,45)(H,50,51)/t24?,31-/m1/s1. The van der Waals surface area contributed by atoms with Crippen molar-refractivity contribution in [2.24, 2.45) is 5.92 Å². The van der Waals surface area contributed by atoms with Crippen molar-refractivity contribution in [3.63, 3.8) is 0 Å². The van der Waals surface area contributed by atoms with Gasteiger partial charge in [0.15, 0.2) is 11.4 Å². The van der Waals surface area contributed by atoms with E-state index >= 15 is 0 Å². The third-order valence-corrected chi connectivity index (χ3v) is 9.88. The summed E-state index contributed by atoms with van der Waals surface area (Å²) >= 11 is 0. The van der Waals surface area contributed by atoms with Crippen molar-refractivity contribution >= 4 is 39.5 Å². The van der Waals surface area contributed by atoms with Crippen LogP contribution >= 0.6 is 0 Å². The lowest BCUT2D eigenvalue weighted by Gasteiger charge is -2.19. The number of carbonyl (C=O) groups is 1. The van der Waals surface area contributed by atoms with Crippen molar-refractivity contribution in [2.45, 2.75) is 46.4 Å². The van der Waals surface area contributed by atoms with Gasteiger partial charge >= 0.3 is 5.97 Å².